The topological polar surface area (TPSA) is 26.3 Å². The number of allylic oxidation sites excluding steroid dienone is 1. The Morgan fingerprint density at radius 2 is 2.07 bits per heavy atom. The van der Waals surface area contributed by atoms with Crippen molar-refractivity contribution in [1.82, 2.24) is 0 Å². The lowest BCUT2D eigenvalue weighted by Gasteiger charge is -2.19. The molecule has 0 aliphatic heterocycles. The van der Waals surface area contributed by atoms with Crippen LogP contribution in [0.15, 0.2) is 25.3 Å². The van der Waals surface area contributed by atoms with Crippen LogP contribution in [-0.4, -0.2) is 20.7 Å². The SMILES string of the molecule is C=CC[Si](C)(C)CCCOC(=O)C=C. The molecule has 0 rings (SSSR count). The van der Waals surface area contributed by atoms with E-state index in [9.17, 15) is 4.79 Å². The molecular formula is C11H20O2Si. The molecule has 0 bridgehead atoms. The minimum atomic E-state index is -1.12. The number of hydrogen-bond acceptors (Lipinski definition) is 2. The summed E-state index contributed by atoms with van der Waals surface area (Å²) in [5, 5.41) is 0. The molecule has 0 fully saturated rings. The number of carbonyl (C=O) groups is 1. The number of esters is 1. The van der Waals surface area contributed by atoms with Crippen LogP contribution < -0.4 is 0 Å². The molecule has 0 N–H and O–H groups in total. The third kappa shape index (κ3) is 6.66. The highest BCUT2D eigenvalue weighted by molar-refractivity contribution is 6.77. The van der Waals surface area contributed by atoms with Crippen molar-refractivity contribution in [2.24, 2.45) is 0 Å². The van der Waals surface area contributed by atoms with E-state index in [1.807, 2.05) is 6.08 Å². The van der Waals surface area contributed by atoms with Crippen molar-refractivity contribution >= 4 is 14.0 Å². The minimum absolute atomic E-state index is 0.326. The van der Waals surface area contributed by atoms with Gasteiger partial charge < -0.3 is 4.74 Å². The quantitative estimate of drug-likeness (QED) is 0.213. The molecule has 2 nitrogen and oxygen atoms in total. The zero-order valence-electron chi connectivity index (χ0n) is 9.21. The van der Waals surface area contributed by atoms with Crippen molar-refractivity contribution in [2.75, 3.05) is 6.61 Å². The smallest absolute Gasteiger partial charge is 0.330 e. The molecule has 0 saturated heterocycles. The summed E-state index contributed by atoms with van der Waals surface area (Å²) < 4.78 is 4.90. The molecule has 0 radical (unpaired) electrons. The van der Waals surface area contributed by atoms with E-state index in [1.165, 1.54) is 12.1 Å². The number of hydrogen-bond donors (Lipinski definition) is 0. The number of ether oxygens (including phenoxy) is 1. The predicted molar refractivity (Wildman–Crippen MR) is 63.1 cm³/mol. The Kier molecular flexibility index (Phi) is 6.20. The van der Waals surface area contributed by atoms with E-state index in [0.717, 1.165) is 12.5 Å². The van der Waals surface area contributed by atoms with Crippen molar-refractivity contribution in [2.45, 2.75) is 31.6 Å². The molecule has 0 aliphatic carbocycles. The molecule has 0 aromatic heterocycles. The first-order chi connectivity index (χ1) is 6.52. The Morgan fingerprint density at radius 3 is 2.57 bits per heavy atom. The second kappa shape index (κ2) is 6.60. The molecule has 3 heteroatoms. The van der Waals surface area contributed by atoms with Crippen LogP contribution in [0, 0.1) is 0 Å². The number of rotatable bonds is 7. The van der Waals surface area contributed by atoms with Crippen LogP contribution >= 0.6 is 0 Å². The van der Waals surface area contributed by atoms with Crippen LogP contribution in [0.3, 0.4) is 0 Å². The normalized spacial score (nSPS) is 10.7. The van der Waals surface area contributed by atoms with E-state index in [0.29, 0.717) is 6.61 Å². The second-order valence-electron chi connectivity index (χ2n) is 4.13. The van der Waals surface area contributed by atoms with E-state index in [-0.39, 0.29) is 5.97 Å². The first-order valence-electron chi connectivity index (χ1n) is 4.92. The molecule has 0 aromatic carbocycles. The van der Waals surface area contributed by atoms with Crippen molar-refractivity contribution in [1.29, 1.82) is 0 Å². The molecule has 0 spiro atoms. The maximum Gasteiger partial charge on any atom is 0.330 e. The molecule has 0 aromatic rings. The molecular weight excluding hydrogens is 192 g/mol. The highest BCUT2D eigenvalue weighted by atomic mass is 28.3. The summed E-state index contributed by atoms with van der Waals surface area (Å²) in [6, 6.07) is 2.30. The van der Waals surface area contributed by atoms with Crippen molar-refractivity contribution in [3.8, 4) is 0 Å². The first-order valence-corrected chi connectivity index (χ1v) is 8.33. The third-order valence-electron chi connectivity index (χ3n) is 2.11. The fourth-order valence-corrected chi connectivity index (χ4v) is 3.36. The van der Waals surface area contributed by atoms with Crippen molar-refractivity contribution < 1.29 is 9.53 Å². The molecule has 0 unspecified atom stereocenters. The van der Waals surface area contributed by atoms with Gasteiger partial charge in [0.25, 0.3) is 0 Å². The highest BCUT2D eigenvalue weighted by Crippen LogP contribution is 2.17. The summed E-state index contributed by atoms with van der Waals surface area (Å²) >= 11 is 0. The molecule has 0 saturated carbocycles. The maximum atomic E-state index is 10.7. The average molecular weight is 212 g/mol. The van der Waals surface area contributed by atoms with E-state index in [1.54, 1.807) is 0 Å². The Bertz CT molecular complexity index is 209. The van der Waals surface area contributed by atoms with Crippen LogP contribution in [0.5, 0.6) is 0 Å². The highest BCUT2D eigenvalue weighted by Gasteiger charge is 2.17. The molecule has 80 valence electrons. The molecule has 14 heavy (non-hydrogen) atoms. The van der Waals surface area contributed by atoms with Gasteiger partial charge in [-0.2, -0.15) is 0 Å². The summed E-state index contributed by atoms with van der Waals surface area (Å²) in [5.41, 5.74) is 0. The van der Waals surface area contributed by atoms with Crippen LogP contribution in [0.25, 0.3) is 0 Å². The van der Waals surface area contributed by atoms with Gasteiger partial charge in [0.1, 0.15) is 0 Å². The fraction of sp³-hybridized carbons (Fsp3) is 0.545. The number of carbonyl (C=O) groups excluding carboxylic acids is 1. The maximum absolute atomic E-state index is 10.7. The molecule has 0 atom stereocenters. The lowest BCUT2D eigenvalue weighted by Crippen LogP contribution is -2.24. The van der Waals surface area contributed by atoms with Gasteiger partial charge in [0.15, 0.2) is 0 Å². The van der Waals surface area contributed by atoms with Crippen LogP contribution in [0.2, 0.25) is 25.2 Å². The lowest BCUT2D eigenvalue weighted by molar-refractivity contribution is -0.137. The zero-order valence-corrected chi connectivity index (χ0v) is 10.2. The van der Waals surface area contributed by atoms with E-state index < -0.39 is 8.07 Å². The first kappa shape index (κ1) is 13.2. The summed E-state index contributed by atoms with van der Waals surface area (Å²) in [6.45, 7) is 12.2. The second-order valence-corrected chi connectivity index (χ2v) is 9.37. The average Bonchev–Trinajstić information content (AvgIpc) is 2.12. The van der Waals surface area contributed by atoms with E-state index in [2.05, 4.69) is 26.3 Å². The Balaban J connectivity index is 3.57. The van der Waals surface area contributed by atoms with Gasteiger partial charge in [-0.1, -0.05) is 31.8 Å². The Hall–Kier alpha value is -0.833. The molecule has 0 amide bonds. The standard InChI is InChI=1S/C11H20O2Si/c1-5-9-14(3,4)10-7-8-13-11(12)6-2/h5-6H,1-2,7-10H2,3-4H3. The Labute approximate surface area is 87.7 Å². The van der Waals surface area contributed by atoms with Crippen molar-refractivity contribution in [3.63, 3.8) is 0 Å². The summed E-state index contributed by atoms with van der Waals surface area (Å²) in [5.74, 6) is -0.326. The van der Waals surface area contributed by atoms with Gasteiger partial charge in [-0.15, -0.1) is 6.58 Å². The molecule has 0 aliphatic rings. The minimum Gasteiger partial charge on any atom is -0.463 e. The van der Waals surface area contributed by atoms with Crippen LogP contribution in [0.1, 0.15) is 6.42 Å². The zero-order chi connectivity index (χ0) is 11.0. The fourth-order valence-electron chi connectivity index (χ4n) is 1.28. The van der Waals surface area contributed by atoms with Gasteiger partial charge >= 0.3 is 5.97 Å². The van der Waals surface area contributed by atoms with Crippen LogP contribution in [0.4, 0.5) is 0 Å². The van der Waals surface area contributed by atoms with Crippen molar-refractivity contribution in [3.05, 3.63) is 25.3 Å². The monoisotopic (exact) mass is 212 g/mol. The van der Waals surface area contributed by atoms with Gasteiger partial charge in [-0.05, 0) is 12.5 Å². The summed E-state index contributed by atoms with van der Waals surface area (Å²) in [6.07, 6.45) is 4.14. The largest absolute Gasteiger partial charge is 0.463 e. The summed E-state index contributed by atoms with van der Waals surface area (Å²) in [7, 11) is -1.12. The molecule has 0 heterocycles. The Morgan fingerprint density at radius 1 is 1.43 bits per heavy atom. The van der Waals surface area contributed by atoms with Gasteiger partial charge in [0.2, 0.25) is 0 Å². The van der Waals surface area contributed by atoms with Gasteiger partial charge in [-0.3, -0.25) is 0 Å². The van der Waals surface area contributed by atoms with Gasteiger partial charge in [0.05, 0.1) is 14.7 Å². The lowest BCUT2D eigenvalue weighted by atomic mass is 10.5. The van der Waals surface area contributed by atoms with Gasteiger partial charge in [0, 0.05) is 6.08 Å². The van der Waals surface area contributed by atoms with E-state index in [4.69, 9.17) is 4.74 Å². The van der Waals surface area contributed by atoms with Crippen LogP contribution in [-0.2, 0) is 9.53 Å². The third-order valence-corrected chi connectivity index (χ3v) is 5.21. The summed E-state index contributed by atoms with van der Waals surface area (Å²) in [4.78, 5) is 10.7. The predicted octanol–water partition coefficient (Wildman–Crippen LogP) is 3.00. The van der Waals surface area contributed by atoms with E-state index >= 15 is 0 Å². The van der Waals surface area contributed by atoms with Gasteiger partial charge in [-0.25, -0.2) is 4.79 Å².